The van der Waals surface area contributed by atoms with E-state index < -0.39 is 0 Å². The molecule has 70 valence electrons. The fraction of sp³-hybridized carbons (Fsp3) is 0.875. The van der Waals surface area contributed by atoms with Crippen molar-refractivity contribution in [1.82, 2.24) is 5.32 Å². The van der Waals surface area contributed by atoms with Gasteiger partial charge in [0.2, 0.25) is 5.91 Å². The van der Waals surface area contributed by atoms with Crippen LogP contribution in [0.1, 0.15) is 25.7 Å². The van der Waals surface area contributed by atoms with Crippen molar-refractivity contribution in [2.45, 2.75) is 37.8 Å². The summed E-state index contributed by atoms with van der Waals surface area (Å²) in [4.78, 5) is 10.9. The second kappa shape index (κ2) is 4.67. The molecule has 4 heteroatoms. The van der Waals surface area contributed by atoms with Gasteiger partial charge in [-0.15, -0.1) is 11.6 Å². The smallest absolute Gasteiger partial charge is 0.235 e. The first-order valence-corrected chi connectivity index (χ1v) is 4.88. The van der Waals surface area contributed by atoms with Gasteiger partial charge >= 0.3 is 0 Å². The normalized spacial score (nSPS) is 29.8. The maximum Gasteiger partial charge on any atom is 0.235 e. The summed E-state index contributed by atoms with van der Waals surface area (Å²) in [6.07, 6.45) is 4.33. The van der Waals surface area contributed by atoms with Crippen LogP contribution < -0.4 is 11.1 Å². The lowest BCUT2D eigenvalue weighted by Gasteiger charge is -2.28. The van der Waals surface area contributed by atoms with E-state index in [1.807, 2.05) is 0 Å². The number of halogens is 1. The lowest BCUT2D eigenvalue weighted by molar-refractivity contribution is -0.119. The molecule has 0 bridgehead atoms. The largest absolute Gasteiger partial charge is 0.351 e. The number of rotatable bonds is 2. The highest BCUT2D eigenvalue weighted by Crippen LogP contribution is 2.16. The highest BCUT2D eigenvalue weighted by molar-refractivity contribution is 6.27. The van der Waals surface area contributed by atoms with E-state index in [2.05, 4.69) is 5.32 Å². The summed E-state index contributed by atoms with van der Waals surface area (Å²) in [5, 5.41) is 2.82. The maximum absolute atomic E-state index is 10.9. The van der Waals surface area contributed by atoms with Crippen LogP contribution in [0.15, 0.2) is 0 Å². The van der Waals surface area contributed by atoms with Crippen LogP contribution in [0.4, 0.5) is 0 Å². The second-order valence-corrected chi connectivity index (χ2v) is 3.52. The lowest BCUT2D eigenvalue weighted by Crippen LogP contribution is -2.49. The van der Waals surface area contributed by atoms with E-state index in [0.29, 0.717) is 0 Å². The molecular weight excluding hydrogens is 176 g/mol. The molecule has 0 radical (unpaired) electrons. The van der Waals surface area contributed by atoms with Crippen molar-refractivity contribution in [2.24, 2.45) is 5.73 Å². The zero-order valence-electron chi connectivity index (χ0n) is 7.05. The molecule has 1 amide bonds. The number of hydrogen-bond donors (Lipinski definition) is 2. The molecular formula is C8H15ClN2O. The van der Waals surface area contributed by atoms with E-state index in [1.54, 1.807) is 0 Å². The van der Waals surface area contributed by atoms with Gasteiger partial charge in [-0.2, -0.15) is 0 Å². The molecule has 0 spiro atoms. The third kappa shape index (κ3) is 2.64. The van der Waals surface area contributed by atoms with E-state index >= 15 is 0 Å². The van der Waals surface area contributed by atoms with Crippen LogP contribution in [-0.2, 0) is 4.79 Å². The van der Waals surface area contributed by atoms with E-state index in [4.69, 9.17) is 17.3 Å². The molecule has 1 saturated carbocycles. The predicted octanol–water partition coefficient (Wildman–Crippen LogP) is 0.611. The Labute approximate surface area is 77.6 Å². The van der Waals surface area contributed by atoms with Crippen molar-refractivity contribution in [3.05, 3.63) is 0 Å². The van der Waals surface area contributed by atoms with E-state index in [1.165, 1.54) is 6.42 Å². The topological polar surface area (TPSA) is 55.1 Å². The number of hydrogen-bond acceptors (Lipinski definition) is 2. The van der Waals surface area contributed by atoms with Crippen LogP contribution in [0.3, 0.4) is 0 Å². The standard InChI is InChI=1S/C8H15ClN2O/c9-5-8(12)11-7-4-2-1-3-6(7)10/h6-7H,1-5,10H2,(H,11,12)/t6-,7-/m0/s1. The Bertz CT molecular complexity index is 163. The van der Waals surface area contributed by atoms with Crippen LogP contribution in [0.25, 0.3) is 0 Å². The molecule has 0 aliphatic heterocycles. The van der Waals surface area contributed by atoms with Crippen molar-refractivity contribution < 1.29 is 4.79 Å². The number of carbonyl (C=O) groups excluding carboxylic acids is 1. The Morgan fingerprint density at radius 1 is 1.50 bits per heavy atom. The van der Waals surface area contributed by atoms with Gasteiger partial charge in [0.15, 0.2) is 0 Å². The third-order valence-corrected chi connectivity index (χ3v) is 2.53. The minimum Gasteiger partial charge on any atom is -0.351 e. The number of carbonyl (C=O) groups is 1. The third-order valence-electron chi connectivity index (χ3n) is 2.29. The van der Waals surface area contributed by atoms with Gasteiger partial charge in [0.1, 0.15) is 5.88 Å². The molecule has 0 saturated heterocycles. The summed E-state index contributed by atoms with van der Waals surface area (Å²) in [6.45, 7) is 0. The highest BCUT2D eigenvalue weighted by Gasteiger charge is 2.22. The molecule has 1 rings (SSSR count). The Morgan fingerprint density at radius 2 is 2.17 bits per heavy atom. The summed E-state index contributed by atoms with van der Waals surface area (Å²) < 4.78 is 0. The SMILES string of the molecule is N[C@H]1CCCC[C@@H]1NC(=O)CCl. The molecule has 0 aromatic carbocycles. The number of alkyl halides is 1. The summed E-state index contributed by atoms with van der Waals surface area (Å²) in [5.74, 6) is -0.0810. The molecule has 1 aliphatic rings. The first-order chi connectivity index (χ1) is 5.74. The fourth-order valence-corrected chi connectivity index (χ4v) is 1.66. The first-order valence-electron chi connectivity index (χ1n) is 4.35. The molecule has 3 N–H and O–H groups in total. The maximum atomic E-state index is 10.9. The van der Waals surface area contributed by atoms with Gasteiger partial charge < -0.3 is 11.1 Å². The van der Waals surface area contributed by atoms with Gasteiger partial charge in [-0.3, -0.25) is 4.79 Å². The molecule has 12 heavy (non-hydrogen) atoms. The molecule has 1 aliphatic carbocycles. The molecule has 0 heterocycles. The lowest BCUT2D eigenvalue weighted by atomic mass is 9.91. The van der Waals surface area contributed by atoms with E-state index in [-0.39, 0.29) is 23.9 Å². The number of nitrogens with two attached hydrogens (primary N) is 1. The Balaban J connectivity index is 2.33. The summed E-state index contributed by atoms with van der Waals surface area (Å²) in [6, 6.07) is 0.260. The van der Waals surface area contributed by atoms with Gasteiger partial charge in [0, 0.05) is 12.1 Å². The first kappa shape index (κ1) is 9.81. The quantitative estimate of drug-likeness (QED) is 0.627. The predicted molar refractivity (Wildman–Crippen MR) is 49.1 cm³/mol. The van der Waals surface area contributed by atoms with E-state index in [0.717, 1.165) is 19.3 Å². The zero-order chi connectivity index (χ0) is 8.97. The number of nitrogens with one attached hydrogen (secondary N) is 1. The van der Waals surface area contributed by atoms with Crippen molar-refractivity contribution >= 4 is 17.5 Å². The molecule has 3 nitrogen and oxygen atoms in total. The number of amides is 1. The molecule has 0 aromatic heterocycles. The van der Waals surface area contributed by atoms with Crippen LogP contribution in [0.2, 0.25) is 0 Å². The Kier molecular flexibility index (Phi) is 3.82. The molecule has 2 atom stereocenters. The average molecular weight is 191 g/mol. The van der Waals surface area contributed by atoms with Crippen molar-refractivity contribution in [3.63, 3.8) is 0 Å². The zero-order valence-corrected chi connectivity index (χ0v) is 7.81. The summed E-state index contributed by atoms with van der Waals surface area (Å²) in [7, 11) is 0. The fourth-order valence-electron chi connectivity index (χ4n) is 1.58. The second-order valence-electron chi connectivity index (χ2n) is 3.26. The van der Waals surface area contributed by atoms with Gasteiger partial charge in [-0.05, 0) is 12.8 Å². The summed E-state index contributed by atoms with van der Waals surface area (Å²) >= 11 is 5.37. The van der Waals surface area contributed by atoms with Gasteiger partial charge in [-0.1, -0.05) is 12.8 Å². The van der Waals surface area contributed by atoms with Crippen LogP contribution >= 0.6 is 11.6 Å². The average Bonchev–Trinajstić information content (AvgIpc) is 2.09. The molecule has 0 unspecified atom stereocenters. The van der Waals surface area contributed by atoms with Crippen LogP contribution in [0.5, 0.6) is 0 Å². The van der Waals surface area contributed by atoms with Crippen LogP contribution in [0, 0.1) is 0 Å². The minimum absolute atomic E-state index is 0.0310. The van der Waals surface area contributed by atoms with Crippen LogP contribution in [-0.4, -0.2) is 23.9 Å². The van der Waals surface area contributed by atoms with E-state index in [9.17, 15) is 4.79 Å². The van der Waals surface area contributed by atoms with Gasteiger partial charge in [0.25, 0.3) is 0 Å². The highest BCUT2D eigenvalue weighted by atomic mass is 35.5. The molecule has 0 aromatic rings. The summed E-state index contributed by atoms with van der Waals surface area (Å²) in [5.41, 5.74) is 5.82. The monoisotopic (exact) mass is 190 g/mol. The van der Waals surface area contributed by atoms with Crippen molar-refractivity contribution in [2.75, 3.05) is 5.88 Å². The van der Waals surface area contributed by atoms with Gasteiger partial charge in [0.05, 0.1) is 0 Å². The Hall–Kier alpha value is -0.280. The minimum atomic E-state index is -0.112. The van der Waals surface area contributed by atoms with Crippen molar-refractivity contribution in [3.8, 4) is 0 Å². The van der Waals surface area contributed by atoms with Crippen molar-refractivity contribution in [1.29, 1.82) is 0 Å². The molecule has 1 fully saturated rings. The Morgan fingerprint density at radius 3 is 2.75 bits per heavy atom. The van der Waals surface area contributed by atoms with Gasteiger partial charge in [-0.25, -0.2) is 0 Å².